The molecule has 1 atom stereocenters. The van der Waals surface area contributed by atoms with Crippen LogP contribution in [0, 0.1) is 5.92 Å². The van der Waals surface area contributed by atoms with E-state index in [-0.39, 0.29) is 0 Å². The Hall–Kier alpha value is -3.02. The van der Waals surface area contributed by atoms with Crippen LogP contribution in [-0.2, 0) is 11.0 Å². The van der Waals surface area contributed by atoms with Gasteiger partial charge in [-0.05, 0) is 68.9 Å². The number of anilines is 1. The maximum Gasteiger partial charge on any atom is 0.246 e. The van der Waals surface area contributed by atoms with Crippen molar-refractivity contribution in [2.24, 2.45) is 10.9 Å². The van der Waals surface area contributed by atoms with Crippen molar-refractivity contribution in [3.63, 3.8) is 0 Å². The summed E-state index contributed by atoms with van der Waals surface area (Å²) in [4.78, 5) is 23.6. The Morgan fingerprint density at radius 2 is 1.73 bits per heavy atom. The molecular weight excluding hydrogens is 483 g/mol. The lowest BCUT2D eigenvalue weighted by Gasteiger charge is -2.32. The minimum absolute atomic E-state index is 0.305. The normalized spacial score (nSPS) is 22.3. The number of aryl methyl sites for hydroxylation is 1. The van der Waals surface area contributed by atoms with Crippen LogP contribution in [0.5, 0.6) is 5.88 Å². The van der Waals surface area contributed by atoms with Crippen molar-refractivity contribution in [3.8, 4) is 5.88 Å². The molecule has 1 aromatic heterocycles. The number of nitrogens with zero attached hydrogens (tertiary/aromatic N) is 3. The highest BCUT2D eigenvalue weighted by atomic mass is 31.2. The predicted molar refractivity (Wildman–Crippen MR) is 148 cm³/mol. The van der Waals surface area contributed by atoms with Gasteiger partial charge in [0.25, 0.3) is 0 Å². The van der Waals surface area contributed by atoms with Crippen molar-refractivity contribution < 1.29 is 14.2 Å². The summed E-state index contributed by atoms with van der Waals surface area (Å²) >= 11 is 0. The monoisotopic (exact) mass is 518 g/mol. The zero-order chi connectivity index (χ0) is 26.0. The fourth-order valence-corrected chi connectivity index (χ4v) is 7.50. The molecule has 1 unspecified atom stereocenters. The van der Waals surface area contributed by atoms with Gasteiger partial charge >= 0.3 is 0 Å². The van der Waals surface area contributed by atoms with Gasteiger partial charge in [-0.3, -0.25) is 4.57 Å². The predicted octanol–water partition coefficient (Wildman–Crippen LogP) is 6.14. The van der Waals surface area contributed by atoms with Gasteiger partial charge < -0.3 is 15.4 Å². The molecule has 2 aromatic carbocycles. The zero-order valence-electron chi connectivity index (χ0n) is 21.5. The smallest absolute Gasteiger partial charge is 0.246 e. The van der Waals surface area contributed by atoms with Gasteiger partial charge in [0.2, 0.25) is 13.2 Å². The number of hydrogen-bond donors (Lipinski definition) is 2. The molecule has 1 saturated carbocycles. The minimum atomic E-state index is -3.12. The fourth-order valence-electron chi connectivity index (χ4n) is 5.54. The van der Waals surface area contributed by atoms with E-state index >= 15 is 0 Å². The molecule has 0 saturated heterocycles. The van der Waals surface area contributed by atoms with Crippen LogP contribution in [0.2, 0.25) is 0 Å². The van der Waals surface area contributed by atoms with Crippen molar-refractivity contribution in [2.45, 2.75) is 57.5 Å². The molecular formula is C29H35N4O3P. The molecule has 1 fully saturated rings. The zero-order valence-corrected chi connectivity index (χ0v) is 22.4. The largest absolute Gasteiger partial charge is 0.463 e. The second-order valence-electron chi connectivity index (χ2n) is 10.8. The van der Waals surface area contributed by atoms with Gasteiger partial charge in [0.15, 0.2) is 11.5 Å². The number of nitrogen functional groups attached to an aromatic ring is 1. The highest BCUT2D eigenvalue weighted by Gasteiger charge is 2.35. The molecule has 37 heavy (non-hydrogen) atoms. The van der Waals surface area contributed by atoms with Crippen LogP contribution in [0.15, 0.2) is 65.9 Å². The molecule has 5 rings (SSSR count). The topological polar surface area (TPSA) is 111 Å². The number of fused-ring (bicyclic) bond motifs is 1. The third kappa shape index (κ3) is 5.94. The molecule has 8 heteroatoms. The van der Waals surface area contributed by atoms with Gasteiger partial charge in [-0.1, -0.05) is 54.6 Å². The number of aliphatic imine (C=N–C) groups is 1. The summed E-state index contributed by atoms with van der Waals surface area (Å²) in [7, 11) is -3.12. The number of aromatic nitrogens is 2. The summed E-state index contributed by atoms with van der Waals surface area (Å²) in [6.07, 6.45) is 6.92. The first-order valence-electron chi connectivity index (χ1n) is 13.0. The first-order valence-corrected chi connectivity index (χ1v) is 15.1. The standard InChI is InChI=1S/C29H35N4O3P/c1-29(2)26(33-25-27(30)31-19-32-28(25)36-29)24-14-12-23(13-15-24)22-10-8-21(9-11-22)18-37(34,35)17-16-20-6-4-3-5-7-20/h3-7,12-15,19,21-22H,8-11,16-18H2,1-2H3,(H,34,35)(H2,30,31,32). The molecule has 0 radical (unpaired) electrons. The van der Waals surface area contributed by atoms with Gasteiger partial charge in [-0.2, -0.15) is 4.98 Å². The number of ether oxygens (including phenoxy) is 1. The molecule has 3 aromatic rings. The van der Waals surface area contributed by atoms with E-state index in [9.17, 15) is 9.46 Å². The third-order valence-corrected chi connectivity index (χ3v) is 9.61. The molecule has 0 spiro atoms. The van der Waals surface area contributed by atoms with Gasteiger partial charge in [-0.25, -0.2) is 9.98 Å². The van der Waals surface area contributed by atoms with Gasteiger partial charge in [-0.15, -0.1) is 0 Å². The maximum atomic E-state index is 12.9. The highest BCUT2D eigenvalue weighted by molar-refractivity contribution is 7.58. The highest BCUT2D eigenvalue weighted by Crippen LogP contribution is 2.47. The third-order valence-electron chi connectivity index (χ3n) is 7.60. The average molecular weight is 519 g/mol. The second kappa shape index (κ2) is 10.4. The van der Waals surface area contributed by atoms with E-state index in [0.717, 1.165) is 42.5 Å². The van der Waals surface area contributed by atoms with Crippen molar-refractivity contribution >= 4 is 24.6 Å². The quantitative estimate of drug-likeness (QED) is 0.364. The summed E-state index contributed by atoms with van der Waals surface area (Å²) < 4.78 is 19.0. The van der Waals surface area contributed by atoms with Crippen LogP contribution < -0.4 is 10.5 Å². The summed E-state index contributed by atoms with van der Waals surface area (Å²) in [6.45, 7) is 3.95. The van der Waals surface area contributed by atoms with Crippen molar-refractivity contribution in [3.05, 3.63) is 77.6 Å². The van der Waals surface area contributed by atoms with E-state index in [4.69, 9.17) is 15.5 Å². The van der Waals surface area contributed by atoms with Crippen LogP contribution >= 0.6 is 7.37 Å². The summed E-state index contributed by atoms with van der Waals surface area (Å²) in [5.74, 6) is 1.50. The molecule has 2 aliphatic rings. The van der Waals surface area contributed by atoms with Gasteiger partial charge in [0.05, 0.1) is 5.71 Å². The van der Waals surface area contributed by atoms with Crippen LogP contribution in [0.1, 0.15) is 62.1 Å². The molecule has 0 amide bonds. The molecule has 7 nitrogen and oxygen atoms in total. The number of hydrogen-bond acceptors (Lipinski definition) is 6. The van der Waals surface area contributed by atoms with Crippen LogP contribution in [0.25, 0.3) is 0 Å². The summed E-state index contributed by atoms with van der Waals surface area (Å²) in [5, 5.41) is 0. The van der Waals surface area contributed by atoms with E-state index in [1.54, 1.807) is 0 Å². The molecule has 1 aliphatic heterocycles. The van der Waals surface area contributed by atoms with Crippen LogP contribution in [0.3, 0.4) is 0 Å². The number of rotatable bonds is 7. The lowest BCUT2D eigenvalue weighted by atomic mass is 9.79. The molecule has 2 heterocycles. The van der Waals surface area contributed by atoms with Crippen LogP contribution in [-0.4, -0.2) is 38.5 Å². The van der Waals surface area contributed by atoms with E-state index in [2.05, 4.69) is 34.2 Å². The van der Waals surface area contributed by atoms with Crippen molar-refractivity contribution in [2.75, 3.05) is 18.1 Å². The number of nitrogens with two attached hydrogens (primary N) is 1. The lowest BCUT2D eigenvalue weighted by Crippen LogP contribution is -2.41. The molecule has 194 valence electrons. The van der Waals surface area contributed by atoms with Gasteiger partial charge in [0, 0.05) is 17.9 Å². The van der Waals surface area contributed by atoms with E-state index in [0.29, 0.717) is 48.0 Å². The SMILES string of the molecule is CC1(C)Oc2ncnc(N)c2N=C1c1ccc(C2CCC(CP(=O)(O)CCc3ccccc3)CC2)cc1. The van der Waals surface area contributed by atoms with E-state index in [1.807, 2.05) is 44.2 Å². The van der Waals surface area contributed by atoms with Crippen LogP contribution in [0.4, 0.5) is 11.5 Å². The Bertz CT molecular complexity index is 1320. The Morgan fingerprint density at radius 3 is 2.43 bits per heavy atom. The van der Waals surface area contributed by atoms with E-state index in [1.165, 1.54) is 11.9 Å². The fraction of sp³-hybridized carbons (Fsp3) is 0.414. The first-order chi connectivity index (χ1) is 17.7. The van der Waals surface area contributed by atoms with E-state index < -0.39 is 13.0 Å². The lowest BCUT2D eigenvalue weighted by molar-refractivity contribution is 0.171. The Kier molecular flexibility index (Phi) is 7.19. The molecule has 0 bridgehead atoms. The molecule has 1 aliphatic carbocycles. The first kappa shape index (κ1) is 25.6. The summed E-state index contributed by atoms with van der Waals surface area (Å²) in [5.41, 5.74) is 10.0. The van der Waals surface area contributed by atoms with Crippen molar-refractivity contribution in [1.29, 1.82) is 0 Å². The Morgan fingerprint density at radius 1 is 1.03 bits per heavy atom. The van der Waals surface area contributed by atoms with Gasteiger partial charge in [0.1, 0.15) is 11.9 Å². The Labute approximate surface area is 218 Å². The maximum absolute atomic E-state index is 12.9. The second-order valence-corrected chi connectivity index (χ2v) is 13.3. The molecule has 3 N–H and O–H groups in total. The van der Waals surface area contributed by atoms with Crippen molar-refractivity contribution in [1.82, 2.24) is 9.97 Å². The minimum Gasteiger partial charge on any atom is -0.463 e. The number of benzene rings is 2. The summed E-state index contributed by atoms with van der Waals surface area (Å²) in [6, 6.07) is 18.5. The average Bonchev–Trinajstić information content (AvgIpc) is 2.88. The Balaban J connectivity index is 1.20.